The summed E-state index contributed by atoms with van der Waals surface area (Å²) in [4.78, 5) is 23.9. The van der Waals surface area contributed by atoms with E-state index in [0.29, 0.717) is 21.4 Å². The second-order valence-electron chi connectivity index (χ2n) is 4.13. The Hall–Kier alpha value is -2.27. The average Bonchev–Trinajstić information content (AvgIpc) is 2.38. The van der Waals surface area contributed by atoms with Gasteiger partial charge in [0.2, 0.25) is 5.43 Å². The molecule has 0 radical (unpaired) electrons. The zero-order chi connectivity index (χ0) is 13.6. The van der Waals surface area contributed by atoms with Crippen LogP contribution in [0.15, 0.2) is 50.5 Å². The van der Waals surface area contributed by atoms with E-state index in [9.17, 15) is 9.59 Å². The number of aromatic carboxylic acids is 1. The minimum atomic E-state index is -1.08. The minimum absolute atomic E-state index is 0.0602. The monoisotopic (exact) mass is 272 g/mol. The molecule has 3 rings (SSSR count). The Morgan fingerprint density at radius 2 is 1.84 bits per heavy atom. The van der Waals surface area contributed by atoms with Gasteiger partial charge in [-0.3, -0.25) is 4.79 Å². The van der Waals surface area contributed by atoms with Gasteiger partial charge in [-0.05, 0) is 36.4 Å². The third kappa shape index (κ3) is 1.88. The highest BCUT2D eigenvalue weighted by Gasteiger charge is 2.10. The van der Waals surface area contributed by atoms with E-state index in [2.05, 4.69) is 12.6 Å². The van der Waals surface area contributed by atoms with E-state index >= 15 is 0 Å². The molecule has 3 aromatic rings. The number of carboxylic acid groups (broad SMARTS) is 1. The predicted octanol–water partition coefficient (Wildman–Crippen LogP) is 2.93. The standard InChI is InChI=1S/C14H8O4S/c15-13-9-3-2-8(19)6-12(9)18-11-4-1-7(14(16)17)5-10(11)13/h1-6,19H,(H,16,17). The van der Waals surface area contributed by atoms with Gasteiger partial charge in [-0.25, -0.2) is 4.79 Å². The summed E-state index contributed by atoms with van der Waals surface area (Å²) in [6.45, 7) is 0. The van der Waals surface area contributed by atoms with Gasteiger partial charge < -0.3 is 9.52 Å². The maximum absolute atomic E-state index is 12.3. The smallest absolute Gasteiger partial charge is 0.335 e. The molecule has 0 spiro atoms. The molecule has 0 atom stereocenters. The van der Waals surface area contributed by atoms with Crippen molar-refractivity contribution < 1.29 is 14.3 Å². The Balaban J connectivity index is 2.47. The van der Waals surface area contributed by atoms with E-state index in [1.54, 1.807) is 18.2 Å². The lowest BCUT2D eigenvalue weighted by Gasteiger charge is -2.03. The van der Waals surface area contributed by atoms with E-state index in [1.165, 1.54) is 18.2 Å². The minimum Gasteiger partial charge on any atom is -0.478 e. The summed E-state index contributed by atoms with van der Waals surface area (Å²) < 4.78 is 5.60. The number of hydrogen-bond donors (Lipinski definition) is 2. The van der Waals surface area contributed by atoms with E-state index < -0.39 is 5.97 Å². The van der Waals surface area contributed by atoms with Crippen molar-refractivity contribution in [1.29, 1.82) is 0 Å². The second-order valence-corrected chi connectivity index (χ2v) is 4.64. The summed E-state index contributed by atoms with van der Waals surface area (Å²) in [7, 11) is 0. The van der Waals surface area contributed by atoms with Gasteiger partial charge in [0, 0.05) is 4.90 Å². The number of hydrogen-bond acceptors (Lipinski definition) is 4. The lowest BCUT2D eigenvalue weighted by Crippen LogP contribution is -2.04. The summed E-state index contributed by atoms with van der Waals surface area (Å²) >= 11 is 4.19. The molecule has 1 heterocycles. The van der Waals surface area contributed by atoms with Gasteiger partial charge in [0.15, 0.2) is 0 Å². The van der Waals surface area contributed by atoms with Crippen molar-refractivity contribution in [2.45, 2.75) is 4.90 Å². The Morgan fingerprint density at radius 3 is 2.58 bits per heavy atom. The molecule has 0 amide bonds. The first-order chi connectivity index (χ1) is 9.06. The number of thiol groups is 1. The van der Waals surface area contributed by atoms with E-state index in [-0.39, 0.29) is 16.4 Å². The van der Waals surface area contributed by atoms with Crippen molar-refractivity contribution in [3.63, 3.8) is 0 Å². The van der Waals surface area contributed by atoms with Gasteiger partial charge in [-0.1, -0.05) is 0 Å². The molecule has 1 N–H and O–H groups in total. The summed E-state index contributed by atoms with van der Waals surface area (Å²) in [5.41, 5.74) is 0.618. The first-order valence-electron chi connectivity index (χ1n) is 5.49. The first-order valence-corrected chi connectivity index (χ1v) is 5.94. The summed E-state index contributed by atoms with van der Waals surface area (Å²) in [5, 5.41) is 9.62. The SMILES string of the molecule is O=C(O)c1ccc2oc3cc(S)ccc3c(=O)c2c1. The van der Waals surface area contributed by atoms with Crippen LogP contribution in [0.2, 0.25) is 0 Å². The average molecular weight is 272 g/mol. The second kappa shape index (κ2) is 4.13. The molecular formula is C14H8O4S. The maximum atomic E-state index is 12.3. The van der Waals surface area contributed by atoms with Gasteiger partial charge in [0.05, 0.1) is 16.3 Å². The van der Waals surface area contributed by atoms with Crippen LogP contribution in [0.5, 0.6) is 0 Å². The third-order valence-electron chi connectivity index (χ3n) is 2.90. The molecule has 0 bridgehead atoms. The van der Waals surface area contributed by atoms with Crippen LogP contribution in [0.25, 0.3) is 21.9 Å². The van der Waals surface area contributed by atoms with Crippen molar-refractivity contribution in [3.05, 3.63) is 52.2 Å². The first kappa shape index (κ1) is 11.8. The van der Waals surface area contributed by atoms with Gasteiger partial charge in [0.25, 0.3) is 0 Å². The third-order valence-corrected chi connectivity index (χ3v) is 3.18. The molecule has 0 saturated carbocycles. The highest BCUT2D eigenvalue weighted by atomic mass is 32.1. The molecular weight excluding hydrogens is 264 g/mol. The summed E-state index contributed by atoms with van der Waals surface area (Å²) in [6.07, 6.45) is 0. The Kier molecular flexibility index (Phi) is 2.57. The molecule has 0 fully saturated rings. The lowest BCUT2D eigenvalue weighted by molar-refractivity contribution is 0.0697. The van der Waals surface area contributed by atoms with Crippen LogP contribution in [0, 0.1) is 0 Å². The fourth-order valence-corrected chi connectivity index (χ4v) is 2.17. The number of rotatable bonds is 1. The van der Waals surface area contributed by atoms with Gasteiger partial charge in [-0.2, -0.15) is 0 Å². The van der Waals surface area contributed by atoms with E-state index in [1.807, 2.05) is 0 Å². The normalized spacial score (nSPS) is 11.0. The van der Waals surface area contributed by atoms with Crippen molar-refractivity contribution in [1.82, 2.24) is 0 Å². The number of benzene rings is 2. The Bertz CT molecular complexity index is 880. The maximum Gasteiger partial charge on any atom is 0.335 e. The van der Waals surface area contributed by atoms with Gasteiger partial charge >= 0.3 is 5.97 Å². The fourth-order valence-electron chi connectivity index (χ4n) is 1.98. The largest absolute Gasteiger partial charge is 0.478 e. The van der Waals surface area contributed by atoms with Crippen LogP contribution in [0.4, 0.5) is 0 Å². The van der Waals surface area contributed by atoms with Gasteiger partial charge in [-0.15, -0.1) is 12.6 Å². The van der Waals surface area contributed by atoms with Crippen LogP contribution >= 0.6 is 12.6 Å². The molecule has 0 aliphatic carbocycles. The number of carbonyl (C=O) groups is 1. The molecule has 2 aromatic carbocycles. The molecule has 94 valence electrons. The van der Waals surface area contributed by atoms with Crippen LogP contribution in [0.3, 0.4) is 0 Å². The topological polar surface area (TPSA) is 67.5 Å². The van der Waals surface area contributed by atoms with Crippen molar-refractivity contribution in [2.75, 3.05) is 0 Å². The number of carboxylic acids is 1. The molecule has 0 aliphatic heterocycles. The van der Waals surface area contributed by atoms with Crippen LogP contribution < -0.4 is 5.43 Å². The quantitative estimate of drug-likeness (QED) is 0.528. The molecule has 0 unspecified atom stereocenters. The molecule has 0 aliphatic rings. The highest BCUT2D eigenvalue weighted by molar-refractivity contribution is 7.80. The van der Waals surface area contributed by atoms with E-state index in [4.69, 9.17) is 9.52 Å². The molecule has 5 heteroatoms. The van der Waals surface area contributed by atoms with Crippen LogP contribution in [-0.4, -0.2) is 11.1 Å². The summed E-state index contributed by atoms with van der Waals surface area (Å²) in [5.74, 6) is -1.08. The molecule has 19 heavy (non-hydrogen) atoms. The summed E-state index contributed by atoms with van der Waals surface area (Å²) in [6, 6.07) is 9.20. The molecule has 0 saturated heterocycles. The highest BCUT2D eigenvalue weighted by Crippen LogP contribution is 2.21. The van der Waals surface area contributed by atoms with E-state index in [0.717, 1.165) is 0 Å². The van der Waals surface area contributed by atoms with Crippen molar-refractivity contribution in [3.8, 4) is 0 Å². The van der Waals surface area contributed by atoms with Crippen molar-refractivity contribution in [2.24, 2.45) is 0 Å². The zero-order valence-corrected chi connectivity index (χ0v) is 10.5. The van der Waals surface area contributed by atoms with Crippen molar-refractivity contribution >= 4 is 40.5 Å². The molecule has 1 aromatic heterocycles. The predicted molar refractivity (Wildman–Crippen MR) is 74.2 cm³/mol. The Morgan fingerprint density at radius 1 is 1.05 bits per heavy atom. The number of fused-ring (bicyclic) bond motifs is 2. The van der Waals surface area contributed by atoms with Crippen LogP contribution in [0.1, 0.15) is 10.4 Å². The fraction of sp³-hybridized carbons (Fsp3) is 0. The Labute approximate surface area is 112 Å². The van der Waals surface area contributed by atoms with Gasteiger partial charge in [0.1, 0.15) is 11.2 Å². The lowest BCUT2D eigenvalue weighted by atomic mass is 10.1. The van der Waals surface area contributed by atoms with Crippen LogP contribution in [-0.2, 0) is 0 Å². The zero-order valence-electron chi connectivity index (χ0n) is 9.58. The molecule has 4 nitrogen and oxygen atoms in total.